The highest BCUT2D eigenvalue weighted by Crippen LogP contribution is 2.38. The van der Waals surface area contributed by atoms with E-state index in [1.165, 1.54) is 37.1 Å². The van der Waals surface area contributed by atoms with Crippen LogP contribution in [0.1, 0.15) is 77.3 Å². The molecule has 3 N–H and O–H groups in total. The standard InChI is InChI=1S/C34H37N5O4/c1-38-20-18-34(19-21-38,33(43)35-26-15-12-24(13-16-26)32(41)42)36-31(40)25-14-17-28-29(22-25)37-39(27-10-6-3-7-11-27)30(28)23-8-4-2-5-9-23/h3,6-7,10-17,22-23H,2,4-5,8-9,18-21H2,1H3,(H,35,43)(H,36,40)(H,41,42). The highest BCUT2D eigenvalue weighted by Gasteiger charge is 2.42. The molecule has 222 valence electrons. The fraction of sp³-hybridized carbons (Fsp3) is 0.353. The molecule has 4 aromatic rings. The van der Waals surface area contributed by atoms with Crippen LogP contribution in [0.5, 0.6) is 0 Å². The van der Waals surface area contributed by atoms with Crippen molar-refractivity contribution < 1.29 is 19.5 Å². The van der Waals surface area contributed by atoms with Crippen molar-refractivity contribution >= 4 is 34.4 Å². The third kappa shape index (κ3) is 5.90. The summed E-state index contributed by atoms with van der Waals surface area (Å²) >= 11 is 0. The van der Waals surface area contributed by atoms with Gasteiger partial charge in [0.1, 0.15) is 5.54 Å². The Kier molecular flexibility index (Phi) is 7.99. The Morgan fingerprint density at radius 1 is 0.884 bits per heavy atom. The van der Waals surface area contributed by atoms with Crippen LogP contribution >= 0.6 is 0 Å². The highest BCUT2D eigenvalue weighted by atomic mass is 16.4. The van der Waals surface area contributed by atoms with Gasteiger partial charge in [0.25, 0.3) is 5.91 Å². The molecule has 0 radical (unpaired) electrons. The van der Waals surface area contributed by atoms with Crippen LogP contribution in [-0.4, -0.2) is 63.2 Å². The maximum atomic E-state index is 13.8. The summed E-state index contributed by atoms with van der Waals surface area (Å²) < 4.78 is 2.05. The number of rotatable bonds is 7. The molecule has 2 aliphatic rings. The molecule has 1 saturated carbocycles. The van der Waals surface area contributed by atoms with Gasteiger partial charge in [0, 0.05) is 35.6 Å². The number of aromatic carboxylic acids is 1. The summed E-state index contributed by atoms with van der Waals surface area (Å²) in [7, 11) is 2.00. The average Bonchev–Trinajstić information content (AvgIpc) is 3.42. The van der Waals surface area contributed by atoms with Gasteiger partial charge >= 0.3 is 5.97 Å². The van der Waals surface area contributed by atoms with Crippen molar-refractivity contribution in [2.24, 2.45) is 0 Å². The third-order valence-electron chi connectivity index (χ3n) is 8.98. The number of fused-ring (bicyclic) bond motifs is 1. The number of carboxylic acid groups (broad SMARTS) is 1. The van der Waals surface area contributed by atoms with Crippen molar-refractivity contribution in [3.8, 4) is 5.69 Å². The molecule has 0 unspecified atom stereocenters. The third-order valence-corrected chi connectivity index (χ3v) is 8.98. The number of hydrogen-bond acceptors (Lipinski definition) is 5. The minimum absolute atomic E-state index is 0.136. The van der Waals surface area contributed by atoms with E-state index >= 15 is 0 Å². The fourth-order valence-electron chi connectivity index (χ4n) is 6.43. The summed E-state index contributed by atoms with van der Waals surface area (Å²) in [6.45, 7) is 1.30. The number of hydrogen-bond donors (Lipinski definition) is 3. The van der Waals surface area contributed by atoms with Crippen LogP contribution in [0, 0.1) is 0 Å². The van der Waals surface area contributed by atoms with Crippen LogP contribution in [0.3, 0.4) is 0 Å². The van der Waals surface area contributed by atoms with E-state index in [-0.39, 0.29) is 17.4 Å². The largest absolute Gasteiger partial charge is 0.478 e. The lowest BCUT2D eigenvalue weighted by Crippen LogP contribution is -2.61. The molecule has 2 heterocycles. The first-order valence-electron chi connectivity index (χ1n) is 15.1. The number of amides is 2. The Labute approximate surface area is 250 Å². The first-order chi connectivity index (χ1) is 20.8. The van der Waals surface area contributed by atoms with Gasteiger partial charge in [0.2, 0.25) is 5.91 Å². The number of benzene rings is 3. The topological polar surface area (TPSA) is 117 Å². The van der Waals surface area contributed by atoms with Crippen molar-refractivity contribution in [3.63, 3.8) is 0 Å². The number of piperidine rings is 1. The molecule has 2 amide bonds. The first-order valence-corrected chi connectivity index (χ1v) is 15.1. The Balaban J connectivity index is 1.29. The predicted molar refractivity (Wildman–Crippen MR) is 166 cm³/mol. The van der Waals surface area contributed by atoms with Crippen LogP contribution in [0.4, 0.5) is 5.69 Å². The van der Waals surface area contributed by atoms with E-state index in [2.05, 4.69) is 27.7 Å². The lowest BCUT2D eigenvalue weighted by atomic mass is 9.85. The quantitative estimate of drug-likeness (QED) is 0.262. The van der Waals surface area contributed by atoms with Crippen LogP contribution < -0.4 is 10.6 Å². The van der Waals surface area contributed by atoms with Crippen molar-refractivity contribution in [2.75, 3.05) is 25.5 Å². The molecule has 6 rings (SSSR count). The summed E-state index contributed by atoms with van der Waals surface area (Å²) in [6, 6.07) is 21.8. The number of carboxylic acids is 1. The van der Waals surface area contributed by atoms with E-state index < -0.39 is 11.5 Å². The second-order valence-corrected chi connectivity index (χ2v) is 11.9. The van der Waals surface area contributed by atoms with Crippen LogP contribution in [-0.2, 0) is 4.79 Å². The van der Waals surface area contributed by atoms with Gasteiger partial charge in [-0.15, -0.1) is 0 Å². The number of likely N-dealkylation sites (tertiary alicyclic amines) is 1. The van der Waals surface area contributed by atoms with Crippen molar-refractivity contribution in [3.05, 3.63) is 89.6 Å². The summed E-state index contributed by atoms with van der Waals surface area (Å²) in [5.41, 5.74) is 2.93. The van der Waals surface area contributed by atoms with E-state index in [1.54, 1.807) is 12.1 Å². The monoisotopic (exact) mass is 579 g/mol. The first kappa shape index (κ1) is 28.6. The summed E-state index contributed by atoms with van der Waals surface area (Å²) in [4.78, 5) is 40.8. The van der Waals surface area contributed by atoms with Crippen LogP contribution in [0.15, 0.2) is 72.8 Å². The number of nitrogens with zero attached hydrogens (tertiary/aromatic N) is 3. The van der Waals surface area contributed by atoms with Gasteiger partial charge in [-0.3, -0.25) is 9.59 Å². The number of carbonyl (C=O) groups excluding carboxylic acids is 2. The molecular formula is C34H37N5O4. The van der Waals surface area contributed by atoms with E-state index in [4.69, 9.17) is 5.10 Å². The number of anilines is 1. The van der Waals surface area contributed by atoms with Gasteiger partial charge in [0.05, 0.1) is 22.5 Å². The molecule has 0 bridgehead atoms. The number of carbonyl (C=O) groups is 3. The van der Waals surface area contributed by atoms with Gasteiger partial charge in [-0.1, -0.05) is 43.5 Å². The molecule has 3 aromatic carbocycles. The lowest BCUT2D eigenvalue weighted by molar-refractivity contribution is -0.123. The minimum atomic E-state index is -1.11. The molecule has 2 fully saturated rings. The zero-order chi connectivity index (χ0) is 30.0. The molecule has 0 atom stereocenters. The van der Waals surface area contributed by atoms with Gasteiger partial charge < -0.3 is 20.6 Å². The van der Waals surface area contributed by atoms with E-state index in [0.717, 1.165) is 29.4 Å². The van der Waals surface area contributed by atoms with Crippen LogP contribution in [0.2, 0.25) is 0 Å². The second-order valence-electron chi connectivity index (χ2n) is 11.9. The normalized spacial score (nSPS) is 17.4. The van der Waals surface area contributed by atoms with Crippen LogP contribution in [0.25, 0.3) is 16.6 Å². The summed E-state index contributed by atoms with van der Waals surface area (Å²) in [5.74, 6) is -1.26. The Morgan fingerprint density at radius 2 is 1.56 bits per heavy atom. The highest BCUT2D eigenvalue weighted by molar-refractivity contribution is 6.05. The molecule has 43 heavy (non-hydrogen) atoms. The maximum absolute atomic E-state index is 13.8. The SMILES string of the molecule is CN1CCC(NC(=O)c2ccc3c(C4CCCCC4)n(-c4ccccc4)nc3c2)(C(=O)Nc2ccc(C(=O)O)cc2)CC1. The molecule has 1 aliphatic heterocycles. The summed E-state index contributed by atoms with van der Waals surface area (Å²) in [5, 5.41) is 21.2. The molecule has 1 aliphatic carbocycles. The van der Waals surface area contributed by atoms with Gasteiger partial charge in [0.15, 0.2) is 0 Å². The summed E-state index contributed by atoms with van der Waals surface area (Å²) in [6.07, 6.45) is 6.82. The molecular weight excluding hydrogens is 542 g/mol. The molecule has 1 aromatic heterocycles. The predicted octanol–water partition coefficient (Wildman–Crippen LogP) is 5.60. The second kappa shape index (κ2) is 12.0. The molecule has 0 spiro atoms. The zero-order valence-electron chi connectivity index (χ0n) is 24.4. The lowest BCUT2D eigenvalue weighted by Gasteiger charge is -2.40. The average molecular weight is 580 g/mol. The Morgan fingerprint density at radius 3 is 2.23 bits per heavy atom. The Hall–Kier alpha value is -4.50. The smallest absolute Gasteiger partial charge is 0.335 e. The molecule has 9 nitrogen and oxygen atoms in total. The van der Waals surface area contributed by atoms with Gasteiger partial charge in [-0.2, -0.15) is 5.10 Å². The molecule has 1 saturated heterocycles. The van der Waals surface area contributed by atoms with E-state index in [1.807, 2.05) is 48.1 Å². The molecule has 9 heteroatoms. The fourth-order valence-corrected chi connectivity index (χ4v) is 6.43. The number of para-hydroxylation sites is 1. The number of nitrogens with one attached hydrogen (secondary N) is 2. The van der Waals surface area contributed by atoms with Crippen molar-refractivity contribution in [1.29, 1.82) is 0 Å². The van der Waals surface area contributed by atoms with E-state index in [0.29, 0.717) is 43.1 Å². The Bertz CT molecular complexity index is 1630. The van der Waals surface area contributed by atoms with E-state index in [9.17, 15) is 19.5 Å². The maximum Gasteiger partial charge on any atom is 0.335 e. The van der Waals surface area contributed by atoms with Gasteiger partial charge in [-0.25, -0.2) is 9.48 Å². The number of aromatic nitrogens is 2. The van der Waals surface area contributed by atoms with Gasteiger partial charge in [-0.05, 0) is 81.3 Å². The van der Waals surface area contributed by atoms with Crippen molar-refractivity contribution in [1.82, 2.24) is 20.0 Å². The zero-order valence-corrected chi connectivity index (χ0v) is 24.4. The minimum Gasteiger partial charge on any atom is -0.478 e. The van der Waals surface area contributed by atoms with Crippen molar-refractivity contribution in [2.45, 2.75) is 56.4 Å².